The molecule has 0 N–H and O–H groups in total. The highest BCUT2D eigenvalue weighted by atomic mass is 32.1. The van der Waals surface area contributed by atoms with Gasteiger partial charge in [0.25, 0.3) is 0 Å². The van der Waals surface area contributed by atoms with Crippen LogP contribution in [0.15, 0.2) is 41.8 Å². The highest BCUT2D eigenvalue weighted by Gasteiger charge is 2.20. The second-order valence-electron chi connectivity index (χ2n) is 6.14. The number of piperazine rings is 1. The Morgan fingerprint density at radius 1 is 1.12 bits per heavy atom. The molecule has 26 heavy (non-hydrogen) atoms. The molecule has 1 aromatic heterocycles. The fourth-order valence-corrected chi connectivity index (χ4v) is 3.63. The number of thiophene rings is 1. The minimum atomic E-state index is 0.0872. The molecular weight excluding hydrogens is 348 g/mol. The van der Waals surface area contributed by atoms with Gasteiger partial charge in [-0.3, -0.25) is 9.69 Å². The van der Waals surface area contributed by atoms with Crippen molar-refractivity contribution in [2.24, 2.45) is 0 Å². The number of benzene rings is 1. The lowest BCUT2D eigenvalue weighted by atomic mass is 10.1. The van der Waals surface area contributed by atoms with Gasteiger partial charge in [-0.05, 0) is 35.2 Å². The molecule has 6 heteroatoms. The molecule has 0 atom stereocenters. The highest BCUT2D eigenvalue weighted by Crippen LogP contribution is 2.28. The third kappa shape index (κ3) is 4.65. The van der Waals surface area contributed by atoms with E-state index in [0.29, 0.717) is 0 Å². The molecule has 3 rings (SSSR count). The molecule has 2 aromatic rings. The van der Waals surface area contributed by atoms with E-state index in [9.17, 15) is 4.79 Å². The molecule has 1 fully saturated rings. The Morgan fingerprint density at radius 2 is 1.88 bits per heavy atom. The van der Waals surface area contributed by atoms with Crippen molar-refractivity contribution in [3.8, 4) is 11.5 Å². The molecule has 2 heterocycles. The molecule has 0 radical (unpaired) electrons. The predicted octanol–water partition coefficient (Wildman–Crippen LogP) is 3.12. The first kappa shape index (κ1) is 18.5. The van der Waals surface area contributed by atoms with Crippen molar-refractivity contribution >= 4 is 23.3 Å². The van der Waals surface area contributed by atoms with Crippen molar-refractivity contribution < 1.29 is 14.3 Å². The standard InChI is InChI=1S/C20H24N2O3S/c1-24-18-7-5-16(14-19(18)25-2)15-21-9-11-22(12-10-21)20(23)8-6-17-4-3-13-26-17/h3-8,13-14H,9-12,15H2,1-2H3/b8-6+. The summed E-state index contributed by atoms with van der Waals surface area (Å²) in [5.74, 6) is 1.57. The van der Waals surface area contributed by atoms with Gasteiger partial charge in [0.1, 0.15) is 0 Å². The molecule has 1 aromatic carbocycles. The molecule has 1 aliphatic rings. The SMILES string of the molecule is COc1ccc(CN2CCN(C(=O)/C=C/c3cccs3)CC2)cc1OC. The molecule has 5 nitrogen and oxygen atoms in total. The van der Waals surface area contributed by atoms with Crippen LogP contribution in [0.3, 0.4) is 0 Å². The summed E-state index contributed by atoms with van der Waals surface area (Å²) < 4.78 is 10.7. The van der Waals surface area contributed by atoms with Crippen LogP contribution in [-0.2, 0) is 11.3 Å². The maximum Gasteiger partial charge on any atom is 0.246 e. The first-order valence-corrected chi connectivity index (χ1v) is 9.51. The maximum absolute atomic E-state index is 12.3. The van der Waals surface area contributed by atoms with Gasteiger partial charge in [-0.2, -0.15) is 0 Å². The van der Waals surface area contributed by atoms with E-state index < -0.39 is 0 Å². The Labute approximate surface area is 158 Å². The molecule has 1 saturated heterocycles. The summed E-state index contributed by atoms with van der Waals surface area (Å²) in [5, 5.41) is 2.01. The van der Waals surface area contributed by atoms with Crippen LogP contribution in [0.4, 0.5) is 0 Å². The zero-order valence-electron chi connectivity index (χ0n) is 15.2. The number of methoxy groups -OCH3 is 2. The average Bonchev–Trinajstić information content (AvgIpc) is 3.20. The van der Waals surface area contributed by atoms with Crippen LogP contribution in [0.1, 0.15) is 10.4 Å². The number of carbonyl (C=O) groups is 1. The molecule has 0 unspecified atom stereocenters. The first-order chi connectivity index (χ1) is 12.7. The average molecular weight is 372 g/mol. The fraction of sp³-hybridized carbons (Fsp3) is 0.350. The van der Waals surface area contributed by atoms with E-state index in [1.807, 2.05) is 40.6 Å². The minimum Gasteiger partial charge on any atom is -0.493 e. The summed E-state index contributed by atoms with van der Waals surface area (Å²) in [5.41, 5.74) is 1.18. The van der Waals surface area contributed by atoms with Crippen LogP contribution < -0.4 is 9.47 Å². The van der Waals surface area contributed by atoms with E-state index in [1.54, 1.807) is 31.6 Å². The Morgan fingerprint density at radius 3 is 2.54 bits per heavy atom. The molecule has 1 amide bonds. The fourth-order valence-electron chi connectivity index (χ4n) is 3.01. The van der Waals surface area contributed by atoms with Gasteiger partial charge in [0.15, 0.2) is 11.5 Å². The van der Waals surface area contributed by atoms with Gasteiger partial charge >= 0.3 is 0 Å². The lowest BCUT2D eigenvalue weighted by Gasteiger charge is -2.34. The van der Waals surface area contributed by atoms with Crippen LogP contribution in [-0.4, -0.2) is 56.1 Å². The largest absolute Gasteiger partial charge is 0.493 e. The van der Waals surface area contributed by atoms with E-state index >= 15 is 0 Å². The molecule has 0 bridgehead atoms. The van der Waals surface area contributed by atoms with Gasteiger partial charge < -0.3 is 14.4 Å². The summed E-state index contributed by atoms with van der Waals surface area (Å²) in [6, 6.07) is 10.0. The summed E-state index contributed by atoms with van der Waals surface area (Å²) >= 11 is 1.63. The number of rotatable bonds is 6. The van der Waals surface area contributed by atoms with Crippen molar-refractivity contribution in [3.05, 3.63) is 52.2 Å². The number of hydrogen-bond donors (Lipinski definition) is 0. The molecule has 138 valence electrons. The molecule has 0 spiro atoms. The summed E-state index contributed by atoms with van der Waals surface area (Å²) in [6.45, 7) is 4.08. The molecule has 0 saturated carbocycles. The minimum absolute atomic E-state index is 0.0872. The van der Waals surface area contributed by atoms with E-state index in [0.717, 1.165) is 49.1 Å². The number of carbonyl (C=O) groups excluding carboxylic acids is 1. The van der Waals surface area contributed by atoms with Crippen molar-refractivity contribution in [2.45, 2.75) is 6.54 Å². The predicted molar refractivity (Wildman–Crippen MR) is 105 cm³/mol. The number of nitrogens with zero attached hydrogens (tertiary/aromatic N) is 2. The third-order valence-corrected chi connectivity index (χ3v) is 5.31. The lowest BCUT2D eigenvalue weighted by Crippen LogP contribution is -2.47. The second kappa shape index (κ2) is 8.87. The van der Waals surface area contributed by atoms with Crippen molar-refractivity contribution in [3.63, 3.8) is 0 Å². The van der Waals surface area contributed by atoms with Crippen molar-refractivity contribution in [1.82, 2.24) is 9.80 Å². The Hall–Kier alpha value is -2.31. The van der Waals surface area contributed by atoms with E-state index in [4.69, 9.17) is 9.47 Å². The second-order valence-corrected chi connectivity index (χ2v) is 7.12. The maximum atomic E-state index is 12.3. The molecule has 0 aliphatic carbocycles. The normalized spacial score (nSPS) is 15.4. The first-order valence-electron chi connectivity index (χ1n) is 8.63. The van der Waals surface area contributed by atoms with Crippen LogP contribution >= 0.6 is 11.3 Å². The number of amides is 1. The van der Waals surface area contributed by atoms with E-state index in [1.165, 1.54) is 5.56 Å². The van der Waals surface area contributed by atoms with Crippen LogP contribution in [0.2, 0.25) is 0 Å². The Bertz CT molecular complexity index is 750. The topological polar surface area (TPSA) is 42.0 Å². The zero-order chi connectivity index (χ0) is 18.4. The zero-order valence-corrected chi connectivity index (χ0v) is 16.0. The Balaban J connectivity index is 1.51. The third-order valence-electron chi connectivity index (χ3n) is 4.47. The smallest absolute Gasteiger partial charge is 0.246 e. The quantitative estimate of drug-likeness (QED) is 0.731. The Kier molecular flexibility index (Phi) is 6.30. The molecule has 1 aliphatic heterocycles. The lowest BCUT2D eigenvalue weighted by molar-refractivity contribution is -0.127. The van der Waals surface area contributed by atoms with Crippen molar-refractivity contribution in [1.29, 1.82) is 0 Å². The van der Waals surface area contributed by atoms with Crippen molar-refractivity contribution in [2.75, 3.05) is 40.4 Å². The summed E-state index contributed by atoms with van der Waals surface area (Å²) in [7, 11) is 3.29. The summed E-state index contributed by atoms with van der Waals surface area (Å²) in [4.78, 5) is 17.7. The van der Waals surface area contributed by atoms with E-state index in [-0.39, 0.29) is 5.91 Å². The number of hydrogen-bond acceptors (Lipinski definition) is 5. The van der Waals surface area contributed by atoms with Crippen LogP contribution in [0.25, 0.3) is 6.08 Å². The van der Waals surface area contributed by atoms with Crippen LogP contribution in [0.5, 0.6) is 11.5 Å². The monoisotopic (exact) mass is 372 g/mol. The van der Waals surface area contributed by atoms with Gasteiger partial charge in [-0.1, -0.05) is 12.1 Å². The highest BCUT2D eigenvalue weighted by molar-refractivity contribution is 7.10. The van der Waals surface area contributed by atoms with Gasteiger partial charge in [-0.25, -0.2) is 0 Å². The van der Waals surface area contributed by atoms with Gasteiger partial charge in [0, 0.05) is 43.7 Å². The van der Waals surface area contributed by atoms with E-state index in [2.05, 4.69) is 11.0 Å². The van der Waals surface area contributed by atoms with Gasteiger partial charge in [0.05, 0.1) is 14.2 Å². The summed E-state index contributed by atoms with van der Waals surface area (Å²) in [6.07, 6.45) is 3.57. The van der Waals surface area contributed by atoms with Gasteiger partial charge in [-0.15, -0.1) is 11.3 Å². The van der Waals surface area contributed by atoms with Gasteiger partial charge in [0.2, 0.25) is 5.91 Å². The number of ether oxygens (including phenoxy) is 2. The van der Waals surface area contributed by atoms with Crippen LogP contribution in [0, 0.1) is 0 Å². The molecular formula is C20H24N2O3S.